The Labute approximate surface area is 108 Å². The molecule has 0 saturated heterocycles. The van der Waals surface area contributed by atoms with Gasteiger partial charge in [0, 0.05) is 7.05 Å². The summed E-state index contributed by atoms with van der Waals surface area (Å²) in [5, 5.41) is 4.12. The predicted octanol–water partition coefficient (Wildman–Crippen LogP) is 0.367. The fraction of sp³-hybridized carbons (Fsp3) is 0.250. The first-order chi connectivity index (χ1) is 9.01. The highest BCUT2D eigenvalue weighted by Crippen LogP contribution is 2.04. The van der Waals surface area contributed by atoms with E-state index < -0.39 is 30.3 Å². The monoisotopic (exact) mass is 268 g/mol. The zero-order valence-electron chi connectivity index (χ0n) is 10.2. The van der Waals surface area contributed by atoms with Crippen molar-refractivity contribution < 1.29 is 23.5 Å². The minimum atomic E-state index is -0.730. The molecule has 102 valence electrons. The van der Waals surface area contributed by atoms with Gasteiger partial charge in [0.1, 0.15) is 5.82 Å². The summed E-state index contributed by atoms with van der Waals surface area (Å²) in [5.41, 5.74) is 0.568. The van der Waals surface area contributed by atoms with Crippen molar-refractivity contribution in [3.05, 3.63) is 35.6 Å². The molecule has 0 radical (unpaired) electrons. The van der Waals surface area contributed by atoms with Gasteiger partial charge in [-0.15, -0.1) is 0 Å². The maximum atomic E-state index is 12.6. The van der Waals surface area contributed by atoms with E-state index in [1.807, 2.05) is 5.32 Å². The lowest BCUT2D eigenvalue weighted by molar-refractivity contribution is -0.147. The van der Waals surface area contributed by atoms with Crippen LogP contribution in [-0.4, -0.2) is 31.6 Å². The smallest absolute Gasteiger partial charge is 0.321 e. The topological polar surface area (TPSA) is 84.5 Å². The number of halogens is 1. The molecule has 1 aromatic carbocycles. The number of imide groups is 1. The summed E-state index contributed by atoms with van der Waals surface area (Å²) in [6, 6.07) is 4.66. The van der Waals surface area contributed by atoms with E-state index in [2.05, 4.69) is 10.1 Å². The fourth-order valence-corrected chi connectivity index (χ4v) is 1.19. The van der Waals surface area contributed by atoms with Gasteiger partial charge >= 0.3 is 12.0 Å². The van der Waals surface area contributed by atoms with E-state index in [4.69, 9.17) is 0 Å². The van der Waals surface area contributed by atoms with E-state index in [0.717, 1.165) is 0 Å². The van der Waals surface area contributed by atoms with E-state index in [-0.39, 0.29) is 6.42 Å². The number of carbonyl (C=O) groups is 3. The first-order valence-corrected chi connectivity index (χ1v) is 5.43. The third-order valence-electron chi connectivity index (χ3n) is 2.11. The Balaban J connectivity index is 2.33. The number of nitrogens with one attached hydrogen (secondary N) is 2. The lowest BCUT2D eigenvalue weighted by atomic mass is 10.1. The minimum absolute atomic E-state index is 0.0759. The number of urea groups is 1. The Morgan fingerprint density at radius 2 is 1.84 bits per heavy atom. The van der Waals surface area contributed by atoms with E-state index in [9.17, 15) is 18.8 Å². The van der Waals surface area contributed by atoms with Gasteiger partial charge in [0.25, 0.3) is 5.91 Å². The van der Waals surface area contributed by atoms with Crippen LogP contribution in [0.5, 0.6) is 0 Å². The van der Waals surface area contributed by atoms with Crippen LogP contribution in [0.25, 0.3) is 0 Å². The quantitative estimate of drug-likeness (QED) is 0.772. The number of carbonyl (C=O) groups excluding carboxylic acids is 3. The van der Waals surface area contributed by atoms with Crippen molar-refractivity contribution in [1.29, 1.82) is 0 Å². The molecule has 7 heteroatoms. The van der Waals surface area contributed by atoms with Crippen molar-refractivity contribution in [1.82, 2.24) is 10.6 Å². The first-order valence-electron chi connectivity index (χ1n) is 5.43. The third-order valence-corrected chi connectivity index (χ3v) is 2.11. The maximum absolute atomic E-state index is 12.6. The summed E-state index contributed by atoms with van der Waals surface area (Å²) in [7, 11) is 1.35. The number of hydrogen-bond donors (Lipinski definition) is 2. The zero-order chi connectivity index (χ0) is 14.3. The minimum Gasteiger partial charge on any atom is -0.455 e. The number of benzene rings is 1. The standard InChI is InChI=1S/C12H13FN2O4/c1-14-12(18)15-10(16)7-19-11(17)6-8-2-4-9(13)5-3-8/h2-5H,6-7H2,1H3,(H2,14,15,16,18). The average molecular weight is 268 g/mol. The first kappa shape index (κ1) is 14.6. The molecular weight excluding hydrogens is 255 g/mol. The molecule has 6 nitrogen and oxygen atoms in total. The average Bonchev–Trinajstić information content (AvgIpc) is 2.39. The van der Waals surface area contributed by atoms with Gasteiger partial charge in [0.2, 0.25) is 0 Å². The van der Waals surface area contributed by atoms with Crippen molar-refractivity contribution in [3.63, 3.8) is 0 Å². The summed E-state index contributed by atoms with van der Waals surface area (Å²) in [4.78, 5) is 33.2. The number of esters is 1. The third kappa shape index (κ3) is 5.62. The Morgan fingerprint density at radius 3 is 2.42 bits per heavy atom. The van der Waals surface area contributed by atoms with Gasteiger partial charge in [-0.25, -0.2) is 9.18 Å². The number of amides is 3. The summed E-state index contributed by atoms with van der Waals surface area (Å²) in [5.74, 6) is -1.77. The van der Waals surface area contributed by atoms with Crippen LogP contribution in [0.3, 0.4) is 0 Å². The Bertz CT molecular complexity index is 473. The van der Waals surface area contributed by atoms with Gasteiger partial charge in [0.05, 0.1) is 6.42 Å². The van der Waals surface area contributed by atoms with Gasteiger partial charge in [-0.05, 0) is 17.7 Å². The van der Waals surface area contributed by atoms with Gasteiger partial charge in [-0.3, -0.25) is 14.9 Å². The molecule has 0 aliphatic carbocycles. The van der Waals surface area contributed by atoms with Gasteiger partial charge in [-0.2, -0.15) is 0 Å². The normalized spacial score (nSPS) is 9.58. The van der Waals surface area contributed by atoms with E-state index in [0.29, 0.717) is 5.56 Å². The highest BCUT2D eigenvalue weighted by molar-refractivity contribution is 5.95. The van der Waals surface area contributed by atoms with Gasteiger partial charge < -0.3 is 10.1 Å². The molecule has 0 spiro atoms. The molecule has 0 aliphatic rings. The van der Waals surface area contributed by atoms with Gasteiger partial charge in [0.15, 0.2) is 6.61 Å². The molecule has 0 aromatic heterocycles. The number of ether oxygens (including phenoxy) is 1. The highest BCUT2D eigenvalue weighted by atomic mass is 19.1. The van der Waals surface area contributed by atoms with Crippen molar-refractivity contribution in [3.8, 4) is 0 Å². The maximum Gasteiger partial charge on any atom is 0.321 e. The number of hydrogen-bond acceptors (Lipinski definition) is 4. The van der Waals surface area contributed by atoms with Gasteiger partial charge in [-0.1, -0.05) is 12.1 Å². The molecule has 1 rings (SSSR count). The predicted molar refractivity (Wildman–Crippen MR) is 63.7 cm³/mol. The second-order valence-corrected chi connectivity index (χ2v) is 3.59. The van der Waals surface area contributed by atoms with Crippen LogP contribution < -0.4 is 10.6 Å². The van der Waals surface area contributed by atoms with E-state index in [1.54, 1.807) is 0 Å². The molecule has 19 heavy (non-hydrogen) atoms. The molecule has 0 atom stereocenters. The van der Waals surface area contributed by atoms with Crippen molar-refractivity contribution in [2.75, 3.05) is 13.7 Å². The van der Waals surface area contributed by atoms with Crippen LogP contribution in [0.15, 0.2) is 24.3 Å². The summed E-state index contributed by atoms with van der Waals surface area (Å²) < 4.78 is 17.3. The lowest BCUT2D eigenvalue weighted by Crippen LogP contribution is -2.39. The van der Waals surface area contributed by atoms with Crippen LogP contribution >= 0.6 is 0 Å². The molecule has 1 aromatic rings. The van der Waals surface area contributed by atoms with Crippen molar-refractivity contribution in [2.24, 2.45) is 0 Å². The number of rotatable bonds is 4. The molecule has 0 fully saturated rings. The van der Waals surface area contributed by atoms with Crippen LogP contribution in [0, 0.1) is 5.82 Å². The molecule has 3 amide bonds. The summed E-state index contributed by atoms with van der Waals surface area (Å²) in [6.45, 7) is -0.548. The molecule has 0 aliphatic heterocycles. The van der Waals surface area contributed by atoms with Crippen LogP contribution in [0.4, 0.5) is 9.18 Å². The van der Waals surface area contributed by atoms with Crippen molar-refractivity contribution >= 4 is 17.9 Å². The summed E-state index contributed by atoms with van der Waals surface area (Å²) in [6.07, 6.45) is -0.0759. The second-order valence-electron chi connectivity index (χ2n) is 3.59. The van der Waals surface area contributed by atoms with E-state index >= 15 is 0 Å². The highest BCUT2D eigenvalue weighted by Gasteiger charge is 2.10. The van der Waals surface area contributed by atoms with Crippen LogP contribution in [0.2, 0.25) is 0 Å². The Morgan fingerprint density at radius 1 is 1.21 bits per heavy atom. The molecule has 0 heterocycles. The molecule has 0 bridgehead atoms. The molecule has 0 unspecified atom stereocenters. The van der Waals surface area contributed by atoms with E-state index in [1.165, 1.54) is 31.3 Å². The molecule has 0 saturated carbocycles. The molecular formula is C12H13FN2O4. The Hall–Kier alpha value is -2.44. The second kappa shape index (κ2) is 7.10. The van der Waals surface area contributed by atoms with Crippen LogP contribution in [0.1, 0.15) is 5.56 Å². The largest absolute Gasteiger partial charge is 0.455 e. The zero-order valence-corrected chi connectivity index (χ0v) is 10.2. The Kier molecular flexibility index (Phi) is 5.46. The fourth-order valence-electron chi connectivity index (χ4n) is 1.19. The van der Waals surface area contributed by atoms with Crippen LogP contribution in [-0.2, 0) is 20.7 Å². The molecule has 2 N–H and O–H groups in total. The van der Waals surface area contributed by atoms with Crippen molar-refractivity contribution in [2.45, 2.75) is 6.42 Å². The lowest BCUT2D eigenvalue weighted by Gasteiger charge is -2.05. The SMILES string of the molecule is CNC(=O)NC(=O)COC(=O)Cc1ccc(F)cc1. The summed E-state index contributed by atoms with van der Waals surface area (Å²) >= 11 is 0.